The molecular weight excluding hydrogens is 516 g/mol. The number of primary amides is 1. The first-order valence-corrected chi connectivity index (χ1v) is 13.3. The van der Waals surface area contributed by atoms with E-state index >= 15 is 0 Å². The van der Waals surface area contributed by atoms with E-state index in [1.54, 1.807) is 6.08 Å². The highest BCUT2D eigenvalue weighted by Gasteiger charge is 2.33. The number of aromatic nitrogens is 1. The van der Waals surface area contributed by atoms with Crippen LogP contribution in [0.4, 0.5) is 13.8 Å². The highest BCUT2D eigenvalue weighted by molar-refractivity contribution is 7.17. The molecule has 9 nitrogen and oxygen atoms in total. The van der Waals surface area contributed by atoms with Gasteiger partial charge in [0.05, 0.1) is 24.4 Å². The summed E-state index contributed by atoms with van der Waals surface area (Å²) in [5.74, 6) is -1.58. The van der Waals surface area contributed by atoms with Crippen LogP contribution in [-0.4, -0.2) is 89.3 Å². The molecule has 2 unspecified atom stereocenters. The van der Waals surface area contributed by atoms with Crippen LogP contribution in [0.1, 0.15) is 55.0 Å². The lowest BCUT2D eigenvalue weighted by molar-refractivity contribution is 0.00962. The highest BCUT2D eigenvalue weighted by Crippen LogP contribution is 2.41. The van der Waals surface area contributed by atoms with E-state index in [1.807, 2.05) is 6.08 Å². The molecule has 2 atom stereocenters. The van der Waals surface area contributed by atoms with Crippen molar-refractivity contribution in [3.63, 3.8) is 0 Å². The van der Waals surface area contributed by atoms with Gasteiger partial charge in [0, 0.05) is 32.2 Å². The Kier molecular flexibility index (Phi) is 10.6. The summed E-state index contributed by atoms with van der Waals surface area (Å²) in [7, 11) is 0. The van der Waals surface area contributed by atoms with Gasteiger partial charge in [-0.25, -0.2) is 23.7 Å². The topological polar surface area (TPSA) is 134 Å². The second-order valence-electron chi connectivity index (χ2n) is 9.62. The molecule has 1 saturated heterocycles. The fourth-order valence-corrected chi connectivity index (χ4v) is 5.41. The maximum Gasteiger partial charge on any atom is 0.270 e. The molecular formula is C26H35F2N5O4S. The predicted molar refractivity (Wildman–Crippen MR) is 145 cm³/mol. The minimum Gasteiger partial charge on any atom is -0.396 e. The van der Waals surface area contributed by atoms with Crippen molar-refractivity contribution >= 4 is 40.4 Å². The van der Waals surface area contributed by atoms with Crippen LogP contribution in [0.5, 0.6) is 0 Å². The molecule has 12 heteroatoms. The average molecular weight is 552 g/mol. The number of nitrogens with zero attached hydrogens (tertiary/aromatic N) is 4. The van der Waals surface area contributed by atoms with Crippen LogP contribution in [0.25, 0.3) is 5.57 Å². The quantitative estimate of drug-likeness (QED) is 0.285. The number of hydrogen-bond donors (Lipinski definition) is 3. The number of aliphatic hydroxyl groups excluding tert-OH is 1. The van der Waals surface area contributed by atoms with Crippen LogP contribution >= 0.6 is 11.3 Å². The molecule has 4 N–H and O–H groups in total. The number of alkyl halides is 1. The minimum absolute atomic E-state index is 0.0571. The Balaban J connectivity index is 1.80. The predicted octanol–water partition coefficient (Wildman–Crippen LogP) is 3.51. The van der Waals surface area contributed by atoms with Crippen LogP contribution in [-0.2, 0) is 4.74 Å². The average Bonchev–Trinajstić information content (AvgIpc) is 3.28. The van der Waals surface area contributed by atoms with Crippen molar-refractivity contribution in [2.75, 3.05) is 32.9 Å². The lowest BCUT2D eigenvalue weighted by Crippen LogP contribution is -2.43. The van der Waals surface area contributed by atoms with Gasteiger partial charge in [-0.3, -0.25) is 9.69 Å². The molecule has 38 heavy (non-hydrogen) atoms. The van der Waals surface area contributed by atoms with Gasteiger partial charge in [-0.05, 0) is 57.6 Å². The minimum atomic E-state index is -1.76. The van der Waals surface area contributed by atoms with Gasteiger partial charge in [0.15, 0.2) is 16.5 Å². The van der Waals surface area contributed by atoms with E-state index in [2.05, 4.69) is 26.6 Å². The van der Waals surface area contributed by atoms with Crippen molar-refractivity contribution in [1.82, 2.24) is 9.88 Å². The number of rotatable bonds is 11. The molecule has 0 radical (unpaired) electrons. The number of halogens is 2. The van der Waals surface area contributed by atoms with Gasteiger partial charge in [0.2, 0.25) is 0 Å². The summed E-state index contributed by atoms with van der Waals surface area (Å²) in [5, 5.41) is 19.6. The smallest absolute Gasteiger partial charge is 0.270 e. The number of nitrogens with two attached hydrogens (primary N) is 1. The Morgan fingerprint density at radius 2 is 2.13 bits per heavy atom. The zero-order chi connectivity index (χ0) is 27.9. The number of carbonyl (C=O) groups is 1. The molecule has 3 rings (SSSR count). The van der Waals surface area contributed by atoms with Gasteiger partial charge in [0.25, 0.3) is 5.91 Å². The Morgan fingerprint density at radius 3 is 2.71 bits per heavy atom. The first-order valence-electron chi connectivity index (χ1n) is 12.5. The van der Waals surface area contributed by atoms with E-state index in [1.165, 1.54) is 13.8 Å². The monoisotopic (exact) mass is 551 g/mol. The number of aliphatic imine (C=N–C) groups is 2. The van der Waals surface area contributed by atoms with Gasteiger partial charge in [-0.2, -0.15) is 0 Å². The van der Waals surface area contributed by atoms with Gasteiger partial charge < -0.3 is 20.7 Å². The molecule has 1 fully saturated rings. The molecule has 1 aromatic heterocycles. The molecule has 0 bridgehead atoms. The van der Waals surface area contributed by atoms with E-state index < -0.39 is 23.5 Å². The van der Waals surface area contributed by atoms with Crippen LogP contribution < -0.4 is 5.73 Å². The van der Waals surface area contributed by atoms with Gasteiger partial charge in [-0.1, -0.05) is 17.4 Å². The van der Waals surface area contributed by atoms with E-state index in [9.17, 15) is 23.8 Å². The Labute approximate surface area is 225 Å². The Hall–Kier alpha value is -2.64. The molecule has 0 saturated carbocycles. The van der Waals surface area contributed by atoms with Crippen LogP contribution in [0.3, 0.4) is 0 Å². The maximum absolute atomic E-state index is 15.0. The summed E-state index contributed by atoms with van der Waals surface area (Å²) in [4.78, 5) is 26.6. The van der Waals surface area contributed by atoms with E-state index in [4.69, 9.17) is 10.5 Å². The van der Waals surface area contributed by atoms with Crippen LogP contribution in [0, 0.1) is 0 Å². The number of aliphatic hydroxyl groups is 2. The Bertz CT molecular complexity index is 1130. The highest BCUT2D eigenvalue weighted by atomic mass is 32.1. The number of carbonyl (C=O) groups excluding carboxylic acids is 1. The number of amides is 1. The summed E-state index contributed by atoms with van der Waals surface area (Å²) < 4.78 is 35.3. The number of ether oxygens (including phenoxy) is 1. The first kappa shape index (κ1) is 29.9. The fourth-order valence-electron chi connectivity index (χ4n) is 4.37. The molecule has 208 valence electrons. The zero-order valence-corrected chi connectivity index (χ0v) is 22.5. The second kappa shape index (κ2) is 13.4. The molecule has 2 heterocycles. The van der Waals surface area contributed by atoms with Crippen molar-refractivity contribution in [2.45, 2.75) is 57.3 Å². The van der Waals surface area contributed by atoms with Crippen LogP contribution in [0.15, 0.2) is 39.6 Å². The second-order valence-corrected chi connectivity index (χ2v) is 10.6. The molecule has 1 aliphatic heterocycles. The number of thiazole rings is 1. The van der Waals surface area contributed by atoms with Gasteiger partial charge in [0.1, 0.15) is 17.0 Å². The first-order chi connectivity index (χ1) is 18.0. The van der Waals surface area contributed by atoms with Crippen molar-refractivity contribution in [3.05, 3.63) is 40.3 Å². The van der Waals surface area contributed by atoms with Crippen molar-refractivity contribution < 1.29 is 28.5 Å². The third-order valence-electron chi connectivity index (χ3n) is 6.47. The lowest BCUT2D eigenvalue weighted by atomic mass is 9.87. The lowest BCUT2D eigenvalue weighted by Gasteiger charge is -2.34. The van der Waals surface area contributed by atoms with Gasteiger partial charge in [-0.15, -0.1) is 0 Å². The maximum atomic E-state index is 15.0. The van der Waals surface area contributed by atoms with E-state index in [0.29, 0.717) is 26.1 Å². The molecule has 2 aliphatic rings. The van der Waals surface area contributed by atoms with Crippen LogP contribution in [0.2, 0.25) is 0 Å². The van der Waals surface area contributed by atoms with E-state index in [0.717, 1.165) is 36.9 Å². The number of amidine groups is 1. The number of allylic oxidation sites excluding steroid dienone is 4. The number of hydrogen-bond acceptors (Lipinski definition) is 8. The van der Waals surface area contributed by atoms with Gasteiger partial charge >= 0.3 is 0 Å². The SMILES string of the molecule is C=NC(/C=C\CCC(CCO)N1CCOCC1)=Nc1sc(C2=C(F)C=C(C(C)(C)O)CC2F)nc1C(N)=O. The molecule has 0 aromatic carbocycles. The largest absolute Gasteiger partial charge is 0.396 e. The fraction of sp³-hybridized carbons (Fsp3) is 0.538. The van der Waals surface area contributed by atoms with Crippen molar-refractivity contribution in [1.29, 1.82) is 0 Å². The third-order valence-corrected chi connectivity index (χ3v) is 7.45. The summed E-state index contributed by atoms with van der Waals surface area (Å²) in [6.07, 6.45) is 4.79. The molecule has 1 aliphatic carbocycles. The molecule has 1 amide bonds. The molecule has 1 aromatic rings. The van der Waals surface area contributed by atoms with Crippen molar-refractivity contribution in [2.24, 2.45) is 15.7 Å². The summed E-state index contributed by atoms with van der Waals surface area (Å²) in [6.45, 7) is 9.53. The summed E-state index contributed by atoms with van der Waals surface area (Å²) in [6, 6.07) is 0.217. The normalized spacial score (nSPS) is 20.6. The zero-order valence-electron chi connectivity index (χ0n) is 21.7. The summed E-state index contributed by atoms with van der Waals surface area (Å²) in [5.41, 5.74) is 3.78. The third kappa shape index (κ3) is 7.70. The summed E-state index contributed by atoms with van der Waals surface area (Å²) >= 11 is 0.827. The Morgan fingerprint density at radius 1 is 1.42 bits per heavy atom. The molecule has 0 spiro atoms. The number of morpholine rings is 1. The van der Waals surface area contributed by atoms with Crippen molar-refractivity contribution in [3.8, 4) is 0 Å². The van der Waals surface area contributed by atoms with E-state index in [-0.39, 0.29) is 51.8 Å². The standard InChI is InChI=1S/C26H35F2N5O4S/c1-26(2,36)16-14-18(27)21(19(28)15-16)24-32-22(23(29)35)25(38-24)31-20(30-3)7-5-4-6-17(8-11-34)33-9-12-37-13-10-33/h5,7,14,17,19,34,36H,3-4,6,8-13,15H2,1-2H3,(H2,29,35)/b7-5-,31-20?.